The summed E-state index contributed by atoms with van der Waals surface area (Å²) < 4.78 is 16.5. The van der Waals surface area contributed by atoms with Gasteiger partial charge in [0, 0.05) is 37.6 Å². The van der Waals surface area contributed by atoms with Gasteiger partial charge in [0.15, 0.2) is 5.76 Å². The number of furan rings is 1. The highest BCUT2D eigenvalue weighted by molar-refractivity contribution is 5.96. The topological polar surface area (TPSA) is 84.2 Å². The van der Waals surface area contributed by atoms with E-state index in [9.17, 15) is 9.90 Å². The molecular formula is C27H34N2O5. The van der Waals surface area contributed by atoms with Crippen LogP contribution < -0.4 is 14.8 Å². The van der Waals surface area contributed by atoms with E-state index < -0.39 is 5.60 Å². The van der Waals surface area contributed by atoms with Gasteiger partial charge in [0.05, 0.1) is 19.8 Å². The van der Waals surface area contributed by atoms with E-state index >= 15 is 0 Å². The Hall–Kier alpha value is -3.03. The number of hydrogen-bond donors (Lipinski definition) is 2. The van der Waals surface area contributed by atoms with Gasteiger partial charge in [-0.3, -0.25) is 9.69 Å². The summed E-state index contributed by atoms with van der Waals surface area (Å²) in [4.78, 5) is 14.7. The summed E-state index contributed by atoms with van der Waals surface area (Å²) >= 11 is 0. The van der Waals surface area contributed by atoms with Crippen molar-refractivity contribution >= 4 is 16.9 Å². The molecule has 0 bridgehead atoms. The number of piperidine rings is 1. The van der Waals surface area contributed by atoms with Crippen molar-refractivity contribution < 1.29 is 23.8 Å². The van der Waals surface area contributed by atoms with Crippen LogP contribution in [0.5, 0.6) is 11.5 Å². The number of nitrogens with zero attached hydrogens (tertiary/aromatic N) is 1. The number of rotatable bonds is 8. The minimum Gasteiger partial charge on any atom is -0.497 e. The maximum absolute atomic E-state index is 12.4. The summed E-state index contributed by atoms with van der Waals surface area (Å²) in [6, 6.07) is 13.4. The van der Waals surface area contributed by atoms with Crippen LogP contribution >= 0.6 is 0 Å². The Labute approximate surface area is 200 Å². The minimum atomic E-state index is -0.909. The Morgan fingerprint density at radius 1 is 1.09 bits per heavy atom. The first-order valence-corrected chi connectivity index (χ1v) is 11.8. The van der Waals surface area contributed by atoms with Crippen LogP contribution in [0.15, 0.2) is 46.9 Å². The van der Waals surface area contributed by atoms with Crippen LogP contribution in [-0.2, 0) is 12.1 Å². The zero-order valence-corrected chi connectivity index (χ0v) is 20.4. The first-order chi connectivity index (χ1) is 16.3. The lowest BCUT2D eigenvalue weighted by Gasteiger charge is -2.38. The predicted molar refractivity (Wildman–Crippen MR) is 131 cm³/mol. The Morgan fingerprint density at radius 2 is 1.76 bits per heavy atom. The second-order valence-corrected chi connectivity index (χ2v) is 9.50. The second kappa shape index (κ2) is 10.1. The van der Waals surface area contributed by atoms with Crippen LogP contribution in [0, 0.1) is 5.92 Å². The SMILES string of the molecule is COc1cc(CN2CCC(O)(c3ccc4oc(C(=O)NCC(C)C)cc4c3)CC2)cc(OC)c1. The molecule has 1 saturated heterocycles. The molecule has 0 atom stereocenters. The average molecular weight is 467 g/mol. The van der Waals surface area contributed by atoms with Crippen LogP contribution in [0.4, 0.5) is 0 Å². The molecule has 2 heterocycles. The van der Waals surface area contributed by atoms with Gasteiger partial charge >= 0.3 is 0 Å². The normalized spacial score (nSPS) is 16.1. The molecule has 1 aliphatic heterocycles. The molecule has 1 fully saturated rings. The van der Waals surface area contributed by atoms with Crippen molar-refractivity contribution in [3.63, 3.8) is 0 Å². The molecule has 4 rings (SSSR count). The minimum absolute atomic E-state index is 0.215. The van der Waals surface area contributed by atoms with E-state index in [2.05, 4.69) is 10.2 Å². The van der Waals surface area contributed by atoms with Crippen LogP contribution in [0.1, 0.15) is 48.4 Å². The second-order valence-electron chi connectivity index (χ2n) is 9.50. The molecule has 1 amide bonds. The molecule has 0 unspecified atom stereocenters. The van der Waals surface area contributed by atoms with Crippen LogP contribution in [0.3, 0.4) is 0 Å². The highest BCUT2D eigenvalue weighted by atomic mass is 16.5. The third kappa shape index (κ3) is 5.37. The van der Waals surface area contributed by atoms with Gasteiger partial charge in [0.25, 0.3) is 5.91 Å². The van der Waals surface area contributed by atoms with E-state index in [1.54, 1.807) is 20.3 Å². The fourth-order valence-electron chi connectivity index (χ4n) is 4.41. The molecule has 34 heavy (non-hydrogen) atoms. The van der Waals surface area contributed by atoms with Gasteiger partial charge in [0.1, 0.15) is 17.1 Å². The van der Waals surface area contributed by atoms with Gasteiger partial charge in [-0.1, -0.05) is 19.9 Å². The Balaban J connectivity index is 1.43. The van der Waals surface area contributed by atoms with Crippen molar-refractivity contribution in [2.75, 3.05) is 33.9 Å². The number of ether oxygens (including phenoxy) is 2. The maximum atomic E-state index is 12.4. The molecule has 1 aromatic heterocycles. The van der Waals surface area contributed by atoms with E-state index in [0.717, 1.165) is 47.6 Å². The van der Waals surface area contributed by atoms with E-state index in [-0.39, 0.29) is 5.91 Å². The predicted octanol–water partition coefficient (Wildman–Crippen LogP) is 4.32. The summed E-state index contributed by atoms with van der Waals surface area (Å²) in [5, 5.41) is 15.1. The van der Waals surface area contributed by atoms with Crippen molar-refractivity contribution in [1.29, 1.82) is 0 Å². The molecular weight excluding hydrogens is 432 g/mol. The van der Waals surface area contributed by atoms with Gasteiger partial charge in [-0.15, -0.1) is 0 Å². The first kappa shape index (κ1) is 24.1. The van der Waals surface area contributed by atoms with Crippen molar-refractivity contribution in [1.82, 2.24) is 10.2 Å². The van der Waals surface area contributed by atoms with Crippen LogP contribution in [0.2, 0.25) is 0 Å². The highest BCUT2D eigenvalue weighted by Crippen LogP contribution is 2.36. The van der Waals surface area contributed by atoms with Crippen molar-refractivity contribution in [3.05, 3.63) is 59.4 Å². The summed E-state index contributed by atoms with van der Waals surface area (Å²) in [7, 11) is 3.30. The number of fused-ring (bicyclic) bond motifs is 1. The zero-order chi connectivity index (χ0) is 24.3. The highest BCUT2D eigenvalue weighted by Gasteiger charge is 2.34. The maximum Gasteiger partial charge on any atom is 0.287 e. The smallest absolute Gasteiger partial charge is 0.287 e. The quantitative estimate of drug-likeness (QED) is 0.514. The number of aliphatic hydroxyl groups is 1. The van der Waals surface area contributed by atoms with Gasteiger partial charge < -0.3 is 24.3 Å². The molecule has 0 radical (unpaired) electrons. The molecule has 0 spiro atoms. The van der Waals surface area contributed by atoms with Crippen LogP contribution in [0.25, 0.3) is 11.0 Å². The number of nitrogens with one attached hydrogen (secondary N) is 1. The lowest BCUT2D eigenvalue weighted by Crippen LogP contribution is -2.42. The van der Waals surface area contributed by atoms with Gasteiger partial charge in [-0.05, 0) is 60.2 Å². The van der Waals surface area contributed by atoms with E-state index in [0.29, 0.717) is 36.6 Å². The Bertz CT molecular complexity index is 1120. The van der Waals surface area contributed by atoms with Crippen molar-refractivity contribution in [2.24, 2.45) is 5.92 Å². The standard InChI is InChI=1S/C27H34N2O5/c1-18(2)16-28-26(30)25-14-20-13-21(5-6-24(20)34-25)27(31)7-9-29(10-8-27)17-19-11-22(32-3)15-23(12-19)33-4/h5-6,11-15,18,31H,7-10,16-17H2,1-4H3,(H,28,30). The van der Waals surface area contributed by atoms with Gasteiger partial charge in [0.2, 0.25) is 0 Å². The van der Waals surface area contributed by atoms with Gasteiger partial charge in [-0.2, -0.15) is 0 Å². The number of benzene rings is 2. The number of methoxy groups -OCH3 is 2. The summed E-state index contributed by atoms with van der Waals surface area (Å²) in [5.41, 5.74) is 1.71. The number of likely N-dealkylation sites (tertiary alicyclic amines) is 1. The fourth-order valence-corrected chi connectivity index (χ4v) is 4.41. The van der Waals surface area contributed by atoms with E-state index in [1.165, 1.54) is 0 Å². The molecule has 182 valence electrons. The number of amides is 1. The number of carbonyl (C=O) groups excluding carboxylic acids is 1. The fraction of sp³-hybridized carbons (Fsp3) is 0.444. The lowest BCUT2D eigenvalue weighted by molar-refractivity contribution is -0.0276. The van der Waals surface area contributed by atoms with Gasteiger partial charge in [-0.25, -0.2) is 0 Å². The van der Waals surface area contributed by atoms with Crippen molar-refractivity contribution in [3.8, 4) is 11.5 Å². The Morgan fingerprint density at radius 3 is 2.38 bits per heavy atom. The van der Waals surface area contributed by atoms with E-state index in [1.807, 2.05) is 50.2 Å². The summed E-state index contributed by atoms with van der Waals surface area (Å²) in [6.07, 6.45) is 1.25. The zero-order valence-electron chi connectivity index (χ0n) is 20.4. The molecule has 7 nitrogen and oxygen atoms in total. The molecule has 7 heteroatoms. The molecule has 2 aromatic carbocycles. The molecule has 2 N–H and O–H groups in total. The Kier molecular flexibility index (Phi) is 7.14. The number of hydrogen-bond acceptors (Lipinski definition) is 6. The summed E-state index contributed by atoms with van der Waals surface area (Å²) in [5.74, 6) is 1.99. The molecule has 0 aliphatic carbocycles. The number of carbonyl (C=O) groups is 1. The van der Waals surface area contributed by atoms with Crippen LogP contribution in [-0.4, -0.2) is 49.8 Å². The molecule has 0 saturated carbocycles. The third-order valence-corrected chi connectivity index (χ3v) is 6.45. The summed E-state index contributed by atoms with van der Waals surface area (Å²) in [6.45, 7) is 6.99. The molecule has 1 aliphatic rings. The monoisotopic (exact) mass is 466 g/mol. The molecule has 3 aromatic rings. The average Bonchev–Trinajstić information content (AvgIpc) is 3.27. The first-order valence-electron chi connectivity index (χ1n) is 11.8. The lowest BCUT2D eigenvalue weighted by atomic mass is 9.84. The largest absolute Gasteiger partial charge is 0.497 e. The van der Waals surface area contributed by atoms with E-state index in [4.69, 9.17) is 13.9 Å². The third-order valence-electron chi connectivity index (χ3n) is 6.45. The van der Waals surface area contributed by atoms with Crippen molar-refractivity contribution in [2.45, 2.75) is 38.8 Å².